The molecule has 2 aliphatic rings. The number of hydrogen-bond acceptors (Lipinski definition) is 4. The monoisotopic (exact) mass is 576 g/mol. The third-order valence-corrected chi connectivity index (χ3v) is 7.45. The number of halogens is 6. The van der Waals surface area contributed by atoms with E-state index < -0.39 is 23.0 Å². The van der Waals surface area contributed by atoms with E-state index in [2.05, 4.69) is 14.9 Å². The van der Waals surface area contributed by atoms with Crippen molar-refractivity contribution in [1.29, 1.82) is 0 Å². The van der Waals surface area contributed by atoms with Crippen LogP contribution in [-0.4, -0.2) is 39.1 Å². The summed E-state index contributed by atoms with van der Waals surface area (Å²) in [6.45, 7) is 4.63. The van der Waals surface area contributed by atoms with Crippen molar-refractivity contribution >= 4 is 36.4 Å². The summed E-state index contributed by atoms with van der Waals surface area (Å²) in [5, 5.41) is 0.200. The molecule has 2 aromatic heterocycles. The number of aryl methyl sites for hydroxylation is 2. The van der Waals surface area contributed by atoms with Crippen molar-refractivity contribution in [2.45, 2.75) is 37.9 Å². The number of nitrogens with zero attached hydrogens (tertiary/aromatic N) is 3. The lowest BCUT2D eigenvalue weighted by atomic mass is 9.94. The van der Waals surface area contributed by atoms with E-state index in [0.29, 0.717) is 24.4 Å². The van der Waals surface area contributed by atoms with Crippen LogP contribution in [0.5, 0.6) is 0 Å². The second-order valence-corrected chi connectivity index (χ2v) is 9.87. The van der Waals surface area contributed by atoms with Gasteiger partial charge in [-0.05, 0) is 62.1 Å². The van der Waals surface area contributed by atoms with Gasteiger partial charge in [0.1, 0.15) is 5.15 Å². The van der Waals surface area contributed by atoms with Crippen LogP contribution in [0.2, 0.25) is 5.15 Å². The van der Waals surface area contributed by atoms with Crippen LogP contribution in [0.4, 0.5) is 13.2 Å². The Balaban J connectivity index is 0.00000190. The molecule has 0 spiro atoms. The van der Waals surface area contributed by atoms with E-state index in [1.54, 1.807) is 31.2 Å². The van der Waals surface area contributed by atoms with Gasteiger partial charge in [0.2, 0.25) is 0 Å². The maximum absolute atomic E-state index is 12.9. The first-order chi connectivity index (χ1) is 16.6. The molecule has 37 heavy (non-hydrogen) atoms. The van der Waals surface area contributed by atoms with Crippen LogP contribution >= 0.6 is 36.4 Å². The van der Waals surface area contributed by atoms with Crippen LogP contribution in [0.25, 0.3) is 11.1 Å². The third kappa shape index (κ3) is 5.74. The maximum Gasteiger partial charge on any atom is 0.416 e. The topological polar surface area (TPSA) is 71.0 Å². The summed E-state index contributed by atoms with van der Waals surface area (Å²) in [6.07, 6.45) is -1.14. The average Bonchev–Trinajstić information content (AvgIpc) is 3.36. The molecule has 0 radical (unpaired) electrons. The summed E-state index contributed by atoms with van der Waals surface area (Å²) in [4.78, 5) is 33.6. The molecule has 1 N–H and O–H groups in total. The number of aromatic amines is 1. The van der Waals surface area contributed by atoms with E-state index in [4.69, 9.17) is 11.6 Å². The number of likely N-dealkylation sites (tertiary alicyclic amines) is 1. The molecule has 1 aromatic carbocycles. The molecule has 1 saturated carbocycles. The largest absolute Gasteiger partial charge is 0.416 e. The summed E-state index contributed by atoms with van der Waals surface area (Å²) in [6, 6.07) is 9.01. The Morgan fingerprint density at radius 1 is 1.08 bits per heavy atom. The normalized spacial score (nSPS) is 20.6. The van der Waals surface area contributed by atoms with Gasteiger partial charge in [-0.3, -0.25) is 14.3 Å². The Labute approximate surface area is 228 Å². The fourth-order valence-corrected chi connectivity index (χ4v) is 5.55. The fourth-order valence-electron chi connectivity index (χ4n) is 5.25. The number of H-pyrrole nitrogens is 1. The average molecular weight is 578 g/mol. The Kier molecular flexibility index (Phi) is 8.54. The lowest BCUT2D eigenvalue weighted by Gasteiger charge is -2.21. The Bertz CT molecular complexity index is 1390. The van der Waals surface area contributed by atoms with Crippen molar-refractivity contribution in [1.82, 2.24) is 19.4 Å². The molecule has 2 atom stereocenters. The second-order valence-electron chi connectivity index (χ2n) is 9.51. The first-order valence-corrected chi connectivity index (χ1v) is 11.8. The predicted molar refractivity (Wildman–Crippen MR) is 141 cm³/mol. The van der Waals surface area contributed by atoms with Gasteiger partial charge in [-0.2, -0.15) is 13.2 Å². The highest BCUT2D eigenvalue weighted by Crippen LogP contribution is 2.59. The van der Waals surface area contributed by atoms with Gasteiger partial charge in [-0.1, -0.05) is 23.7 Å². The number of nitrogens with one attached hydrogen (secondary N) is 1. The van der Waals surface area contributed by atoms with Crippen molar-refractivity contribution in [3.8, 4) is 11.1 Å². The van der Waals surface area contributed by atoms with E-state index in [-0.39, 0.29) is 40.9 Å². The van der Waals surface area contributed by atoms with E-state index in [0.717, 1.165) is 49.4 Å². The highest BCUT2D eigenvalue weighted by Gasteiger charge is 2.60. The van der Waals surface area contributed by atoms with E-state index in [9.17, 15) is 22.8 Å². The number of alkyl halides is 3. The number of fused-ring (bicyclic) bond motifs is 1. The van der Waals surface area contributed by atoms with Crippen LogP contribution in [0.15, 0.2) is 52.2 Å². The van der Waals surface area contributed by atoms with Gasteiger partial charge >= 0.3 is 11.9 Å². The molecule has 200 valence electrons. The summed E-state index contributed by atoms with van der Waals surface area (Å²) in [5.74, 6) is 0.442. The molecule has 1 aliphatic heterocycles. The molecule has 6 nitrogen and oxygen atoms in total. The van der Waals surface area contributed by atoms with Crippen molar-refractivity contribution in [3.63, 3.8) is 0 Å². The van der Waals surface area contributed by atoms with Gasteiger partial charge in [0.05, 0.1) is 11.1 Å². The lowest BCUT2D eigenvalue weighted by molar-refractivity contribution is -0.137. The molecule has 2 fully saturated rings. The van der Waals surface area contributed by atoms with E-state index in [1.807, 2.05) is 0 Å². The first-order valence-electron chi connectivity index (χ1n) is 11.4. The molecule has 5 rings (SSSR count). The zero-order chi connectivity index (χ0) is 25.0. The van der Waals surface area contributed by atoms with E-state index >= 15 is 0 Å². The number of hydrogen-bond donors (Lipinski definition) is 1. The Morgan fingerprint density at radius 3 is 2.43 bits per heavy atom. The number of piperidine rings is 1. The standard InChI is InChI=1S/C25H24ClF3N4O2.2ClH/c1-15-3-8-19(21(26)30-15)20-13-33(23(35)31-22(20)34)10-2-9-32-12-18-11-24(18,14-32)16-4-6-17(7-5-16)25(27,28)29;;/h3-8,13,18H,2,9-12,14H2,1H3,(H,31,34,35);2*1H/t18-,24+;;/m0../s1. The molecule has 1 saturated heterocycles. The van der Waals surface area contributed by atoms with Gasteiger partial charge in [-0.15, -0.1) is 24.8 Å². The Hall–Kier alpha value is -2.33. The van der Waals surface area contributed by atoms with Crippen LogP contribution < -0.4 is 11.2 Å². The summed E-state index contributed by atoms with van der Waals surface area (Å²) >= 11 is 6.22. The molecule has 0 amide bonds. The molecular formula is C25H26Cl3F3N4O2. The maximum atomic E-state index is 12.9. The van der Waals surface area contributed by atoms with Crippen molar-refractivity contribution < 1.29 is 13.2 Å². The van der Waals surface area contributed by atoms with Gasteiger partial charge in [0, 0.05) is 42.5 Å². The minimum Gasteiger partial charge on any atom is -0.302 e. The molecule has 3 heterocycles. The Morgan fingerprint density at radius 2 is 1.78 bits per heavy atom. The highest BCUT2D eigenvalue weighted by atomic mass is 35.5. The molecule has 0 unspecified atom stereocenters. The van der Waals surface area contributed by atoms with Crippen molar-refractivity contribution in [3.05, 3.63) is 85.4 Å². The zero-order valence-corrected chi connectivity index (χ0v) is 22.2. The molecular weight excluding hydrogens is 552 g/mol. The van der Waals surface area contributed by atoms with Gasteiger partial charge in [0.25, 0.3) is 5.56 Å². The number of pyridine rings is 1. The first kappa shape index (κ1) is 29.2. The summed E-state index contributed by atoms with van der Waals surface area (Å²) < 4.78 is 40.1. The smallest absolute Gasteiger partial charge is 0.302 e. The van der Waals surface area contributed by atoms with E-state index in [1.165, 1.54) is 10.8 Å². The van der Waals surface area contributed by atoms with Gasteiger partial charge in [0.15, 0.2) is 0 Å². The van der Waals surface area contributed by atoms with Crippen molar-refractivity contribution in [2.24, 2.45) is 5.92 Å². The highest BCUT2D eigenvalue weighted by molar-refractivity contribution is 6.32. The molecule has 1 aliphatic carbocycles. The molecule has 0 bridgehead atoms. The number of aromatic nitrogens is 3. The van der Waals surface area contributed by atoms with Crippen LogP contribution in [-0.2, 0) is 18.1 Å². The predicted octanol–water partition coefficient (Wildman–Crippen LogP) is 5.09. The third-order valence-electron chi connectivity index (χ3n) is 7.17. The SMILES string of the molecule is Cc1ccc(-c2cn(CCCN3C[C@@H]4C[C@]4(c4ccc(C(F)(F)F)cc4)C3)c(=O)[nH]c2=O)c(Cl)n1.Cl.Cl. The summed E-state index contributed by atoms with van der Waals surface area (Å²) in [7, 11) is 0. The lowest BCUT2D eigenvalue weighted by Crippen LogP contribution is -2.32. The number of rotatable bonds is 6. The van der Waals surface area contributed by atoms with Crippen LogP contribution in [0, 0.1) is 12.8 Å². The van der Waals surface area contributed by atoms with Crippen LogP contribution in [0.1, 0.15) is 29.7 Å². The van der Waals surface area contributed by atoms with Gasteiger partial charge < -0.3 is 4.90 Å². The molecule has 3 aromatic rings. The zero-order valence-electron chi connectivity index (χ0n) is 19.8. The number of benzene rings is 1. The quantitative estimate of drug-likeness (QED) is 0.415. The second kappa shape index (κ2) is 10.8. The van der Waals surface area contributed by atoms with Crippen LogP contribution in [0.3, 0.4) is 0 Å². The van der Waals surface area contributed by atoms with Gasteiger partial charge in [-0.25, -0.2) is 9.78 Å². The summed E-state index contributed by atoms with van der Waals surface area (Å²) in [5.41, 5.74) is 0.734. The minimum absolute atomic E-state index is 0. The molecule has 12 heteroatoms. The van der Waals surface area contributed by atoms with Crippen molar-refractivity contribution in [2.75, 3.05) is 19.6 Å². The minimum atomic E-state index is -4.33. The fraction of sp³-hybridized carbons (Fsp3) is 0.400.